The number of hydrogen-bond acceptors (Lipinski definition) is 1. The third kappa shape index (κ3) is 6.19. The van der Waals surface area contributed by atoms with Crippen LogP contribution in [0, 0.1) is 17.3 Å². The summed E-state index contributed by atoms with van der Waals surface area (Å²) in [6.45, 7) is 13.5. The molecule has 0 aliphatic carbocycles. The number of hydrogen-bond donors (Lipinski definition) is 1. The molecule has 15 heavy (non-hydrogen) atoms. The predicted molar refractivity (Wildman–Crippen MR) is 67.9 cm³/mol. The predicted octanol–water partition coefficient (Wildman–Crippen LogP) is 4.25. The molecular formula is C14H30O. The zero-order chi connectivity index (χ0) is 12.1. The van der Waals surface area contributed by atoms with Crippen LogP contribution in [0.4, 0.5) is 0 Å². The summed E-state index contributed by atoms with van der Waals surface area (Å²) in [5.74, 6) is 1.42. The number of aliphatic hydroxyl groups excluding tert-OH is 1. The molecular weight excluding hydrogens is 184 g/mol. The first-order valence-corrected chi connectivity index (χ1v) is 6.49. The van der Waals surface area contributed by atoms with Crippen molar-refractivity contribution in [1.82, 2.24) is 0 Å². The van der Waals surface area contributed by atoms with E-state index in [1.807, 2.05) is 0 Å². The maximum absolute atomic E-state index is 9.78. The van der Waals surface area contributed by atoms with Crippen LogP contribution in [-0.4, -0.2) is 11.2 Å². The molecule has 0 spiro atoms. The van der Waals surface area contributed by atoms with Gasteiger partial charge < -0.3 is 5.11 Å². The van der Waals surface area contributed by atoms with Gasteiger partial charge in [0.15, 0.2) is 0 Å². The smallest absolute Gasteiger partial charge is 0.0540 e. The zero-order valence-electron chi connectivity index (χ0n) is 11.5. The van der Waals surface area contributed by atoms with Crippen LogP contribution in [0.25, 0.3) is 0 Å². The largest absolute Gasteiger partial charge is 0.393 e. The lowest BCUT2D eigenvalue weighted by Gasteiger charge is -2.34. The SMILES string of the molecule is CCC(C)CC(CC(O)CC)C(C)(C)C. The third-order valence-electron chi connectivity index (χ3n) is 3.64. The molecule has 92 valence electrons. The highest BCUT2D eigenvalue weighted by Gasteiger charge is 2.27. The van der Waals surface area contributed by atoms with E-state index in [9.17, 15) is 5.11 Å². The second-order valence-corrected chi connectivity index (χ2v) is 6.11. The van der Waals surface area contributed by atoms with Gasteiger partial charge in [0.2, 0.25) is 0 Å². The standard InChI is InChI=1S/C14H30O/c1-7-11(3)9-12(14(4,5)6)10-13(15)8-2/h11-13,15H,7-10H2,1-6H3. The summed E-state index contributed by atoms with van der Waals surface area (Å²) < 4.78 is 0. The van der Waals surface area contributed by atoms with Gasteiger partial charge >= 0.3 is 0 Å². The second kappa shape index (κ2) is 6.52. The third-order valence-corrected chi connectivity index (χ3v) is 3.64. The lowest BCUT2D eigenvalue weighted by molar-refractivity contribution is 0.0861. The van der Waals surface area contributed by atoms with E-state index < -0.39 is 0 Å². The minimum Gasteiger partial charge on any atom is -0.393 e. The highest BCUT2D eigenvalue weighted by Crippen LogP contribution is 2.35. The van der Waals surface area contributed by atoms with Crippen molar-refractivity contribution < 1.29 is 5.11 Å². The molecule has 0 aromatic rings. The zero-order valence-corrected chi connectivity index (χ0v) is 11.5. The molecule has 0 aliphatic rings. The Morgan fingerprint density at radius 3 is 1.87 bits per heavy atom. The molecule has 3 unspecified atom stereocenters. The summed E-state index contributed by atoms with van der Waals surface area (Å²) in [5, 5.41) is 9.78. The quantitative estimate of drug-likeness (QED) is 0.701. The topological polar surface area (TPSA) is 20.2 Å². The summed E-state index contributed by atoms with van der Waals surface area (Å²) in [6, 6.07) is 0. The minimum atomic E-state index is -0.113. The van der Waals surface area contributed by atoms with Crippen molar-refractivity contribution in [3.8, 4) is 0 Å². The lowest BCUT2D eigenvalue weighted by atomic mass is 9.73. The van der Waals surface area contributed by atoms with Gasteiger partial charge in [0.25, 0.3) is 0 Å². The Balaban J connectivity index is 4.32. The van der Waals surface area contributed by atoms with Crippen LogP contribution in [0.2, 0.25) is 0 Å². The van der Waals surface area contributed by atoms with E-state index >= 15 is 0 Å². The van der Waals surface area contributed by atoms with Gasteiger partial charge in [-0.25, -0.2) is 0 Å². The molecule has 0 aromatic carbocycles. The summed E-state index contributed by atoms with van der Waals surface area (Å²) in [5.41, 5.74) is 0.319. The van der Waals surface area contributed by atoms with E-state index in [-0.39, 0.29) is 6.10 Å². The molecule has 1 heteroatoms. The molecule has 0 rings (SSSR count). The minimum absolute atomic E-state index is 0.113. The fraction of sp³-hybridized carbons (Fsp3) is 1.00. The molecule has 0 aliphatic heterocycles. The molecule has 0 radical (unpaired) electrons. The van der Waals surface area contributed by atoms with Gasteiger partial charge in [0.05, 0.1) is 6.10 Å². The van der Waals surface area contributed by atoms with Crippen molar-refractivity contribution in [2.24, 2.45) is 17.3 Å². The monoisotopic (exact) mass is 214 g/mol. The van der Waals surface area contributed by atoms with Crippen LogP contribution in [0.3, 0.4) is 0 Å². The molecule has 1 nitrogen and oxygen atoms in total. The van der Waals surface area contributed by atoms with Gasteiger partial charge in [-0.1, -0.05) is 48.0 Å². The fourth-order valence-corrected chi connectivity index (χ4v) is 1.95. The van der Waals surface area contributed by atoms with Crippen molar-refractivity contribution in [2.75, 3.05) is 0 Å². The molecule has 0 aromatic heterocycles. The lowest BCUT2D eigenvalue weighted by Crippen LogP contribution is -2.26. The van der Waals surface area contributed by atoms with Crippen LogP contribution in [-0.2, 0) is 0 Å². The van der Waals surface area contributed by atoms with E-state index in [2.05, 4.69) is 41.5 Å². The van der Waals surface area contributed by atoms with Crippen LogP contribution in [0.15, 0.2) is 0 Å². The van der Waals surface area contributed by atoms with Crippen molar-refractivity contribution in [2.45, 2.75) is 73.3 Å². The van der Waals surface area contributed by atoms with E-state index in [0.29, 0.717) is 11.3 Å². The van der Waals surface area contributed by atoms with Crippen molar-refractivity contribution in [1.29, 1.82) is 0 Å². The van der Waals surface area contributed by atoms with Gasteiger partial charge in [-0.15, -0.1) is 0 Å². The van der Waals surface area contributed by atoms with Gasteiger partial charge in [-0.3, -0.25) is 0 Å². The first-order valence-electron chi connectivity index (χ1n) is 6.49. The van der Waals surface area contributed by atoms with Crippen molar-refractivity contribution >= 4 is 0 Å². The van der Waals surface area contributed by atoms with Crippen LogP contribution in [0.1, 0.15) is 67.2 Å². The molecule has 0 fully saturated rings. The Kier molecular flexibility index (Phi) is 6.51. The maximum Gasteiger partial charge on any atom is 0.0540 e. The first kappa shape index (κ1) is 15.0. The molecule has 0 heterocycles. The van der Waals surface area contributed by atoms with Crippen LogP contribution >= 0.6 is 0 Å². The molecule has 0 saturated carbocycles. The average Bonchev–Trinajstić information content (AvgIpc) is 2.14. The second-order valence-electron chi connectivity index (χ2n) is 6.11. The van der Waals surface area contributed by atoms with Crippen LogP contribution in [0.5, 0.6) is 0 Å². The average molecular weight is 214 g/mol. The molecule has 0 bridgehead atoms. The van der Waals surface area contributed by atoms with Crippen LogP contribution < -0.4 is 0 Å². The Hall–Kier alpha value is -0.0400. The highest BCUT2D eigenvalue weighted by molar-refractivity contribution is 4.78. The Morgan fingerprint density at radius 2 is 1.53 bits per heavy atom. The first-order chi connectivity index (χ1) is 6.81. The van der Waals surface area contributed by atoms with E-state index in [1.54, 1.807) is 0 Å². The summed E-state index contributed by atoms with van der Waals surface area (Å²) in [4.78, 5) is 0. The van der Waals surface area contributed by atoms with Crippen molar-refractivity contribution in [3.05, 3.63) is 0 Å². The summed E-state index contributed by atoms with van der Waals surface area (Å²) in [7, 11) is 0. The molecule has 0 amide bonds. The van der Waals surface area contributed by atoms with Gasteiger partial charge in [-0.2, -0.15) is 0 Å². The maximum atomic E-state index is 9.78. The van der Waals surface area contributed by atoms with E-state index in [4.69, 9.17) is 0 Å². The fourth-order valence-electron chi connectivity index (χ4n) is 1.95. The summed E-state index contributed by atoms with van der Waals surface area (Å²) in [6.07, 6.45) is 4.22. The van der Waals surface area contributed by atoms with E-state index in [1.165, 1.54) is 12.8 Å². The Labute approximate surface area is 96.3 Å². The molecule has 1 N–H and O–H groups in total. The molecule has 0 saturated heterocycles. The Morgan fingerprint density at radius 1 is 1.00 bits per heavy atom. The van der Waals surface area contributed by atoms with Gasteiger partial charge in [-0.05, 0) is 36.5 Å². The van der Waals surface area contributed by atoms with E-state index in [0.717, 1.165) is 18.8 Å². The van der Waals surface area contributed by atoms with Crippen molar-refractivity contribution in [3.63, 3.8) is 0 Å². The van der Waals surface area contributed by atoms with Gasteiger partial charge in [0, 0.05) is 0 Å². The van der Waals surface area contributed by atoms with Gasteiger partial charge in [0.1, 0.15) is 0 Å². The summed E-state index contributed by atoms with van der Waals surface area (Å²) >= 11 is 0. The number of rotatable bonds is 6. The normalized spacial score (nSPS) is 18.6. The number of aliphatic hydroxyl groups is 1. The Bertz CT molecular complexity index is 145. The highest BCUT2D eigenvalue weighted by atomic mass is 16.3. The molecule has 3 atom stereocenters.